The van der Waals surface area contributed by atoms with Crippen LogP contribution in [0.5, 0.6) is 5.75 Å². The Morgan fingerprint density at radius 1 is 1.43 bits per heavy atom. The summed E-state index contributed by atoms with van der Waals surface area (Å²) in [7, 11) is 0. The Hall–Kier alpha value is -2.56. The molecule has 0 spiro atoms. The summed E-state index contributed by atoms with van der Waals surface area (Å²) in [5.74, 6) is 1.53. The fourth-order valence-corrected chi connectivity index (χ4v) is 2.96. The number of amides is 1. The normalized spacial score (nSPS) is 16.8. The molecule has 0 radical (unpaired) electrons. The van der Waals surface area contributed by atoms with Gasteiger partial charge in [0, 0.05) is 29.5 Å². The second-order valence-electron chi connectivity index (χ2n) is 5.93. The summed E-state index contributed by atoms with van der Waals surface area (Å²) in [5, 5.41) is 7.40. The lowest BCUT2D eigenvalue weighted by atomic mass is 9.87. The topological polar surface area (TPSA) is 56.1 Å². The molecule has 0 saturated heterocycles. The van der Waals surface area contributed by atoms with Crippen LogP contribution in [0.1, 0.15) is 43.4 Å². The Morgan fingerprint density at radius 2 is 2.22 bits per heavy atom. The summed E-state index contributed by atoms with van der Waals surface area (Å²) >= 11 is 0. The van der Waals surface area contributed by atoms with Gasteiger partial charge in [-0.05, 0) is 19.9 Å². The second-order valence-corrected chi connectivity index (χ2v) is 5.93. The molecule has 2 aromatic rings. The first-order chi connectivity index (χ1) is 11.1. The number of para-hydroxylation sites is 1. The maximum atomic E-state index is 12.2. The van der Waals surface area contributed by atoms with Crippen molar-refractivity contribution >= 4 is 11.7 Å². The molecule has 120 valence electrons. The molecule has 3 rings (SSSR count). The zero-order valence-electron chi connectivity index (χ0n) is 13.5. The van der Waals surface area contributed by atoms with Gasteiger partial charge in [0.05, 0.1) is 6.20 Å². The molecule has 1 aliphatic heterocycles. The van der Waals surface area contributed by atoms with Gasteiger partial charge in [-0.3, -0.25) is 4.79 Å². The predicted octanol–water partition coefficient (Wildman–Crippen LogP) is 3.50. The number of nitrogens with zero attached hydrogens (tertiary/aromatic N) is 2. The molecule has 0 aliphatic carbocycles. The average Bonchev–Trinajstić information content (AvgIpc) is 2.96. The Labute approximate surface area is 136 Å². The molecule has 0 fully saturated rings. The molecule has 0 bridgehead atoms. The van der Waals surface area contributed by atoms with E-state index in [2.05, 4.69) is 17.0 Å². The van der Waals surface area contributed by atoms with Gasteiger partial charge in [0.15, 0.2) is 0 Å². The maximum Gasteiger partial charge on any atom is 0.226 e. The Kier molecular flexibility index (Phi) is 4.19. The number of aromatic nitrogens is 2. The molecule has 1 aromatic heterocycles. The summed E-state index contributed by atoms with van der Waals surface area (Å²) in [6, 6.07) is 8.03. The minimum absolute atomic E-state index is 0.00317. The van der Waals surface area contributed by atoms with Gasteiger partial charge in [0.1, 0.15) is 18.2 Å². The van der Waals surface area contributed by atoms with E-state index in [1.165, 1.54) is 0 Å². The minimum Gasteiger partial charge on any atom is -0.489 e. The zero-order chi connectivity index (χ0) is 16.4. The number of hydrogen-bond acceptors (Lipinski definition) is 3. The molecule has 5 heteroatoms. The van der Waals surface area contributed by atoms with Crippen molar-refractivity contribution < 1.29 is 9.53 Å². The third kappa shape index (κ3) is 2.86. The summed E-state index contributed by atoms with van der Waals surface area (Å²) in [6.45, 7) is 8.22. The molecule has 1 atom stereocenters. The number of benzene rings is 1. The van der Waals surface area contributed by atoms with Crippen molar-refractivity contribution in [2.45, 2.75) is 32.2 Å². The highest BCUT2D eigenvalue weighted by Crippen LogP contribution is 2.41. The van der Waals surface area contributed by atoms with Crippen LogP contribution < -0.4 is 10.1 Å². The number of carbonyl (C=O) groups is 1. The van der Waals surface area contributed by atoms with Crippen molar-refractivity contribution in [2.75, 3.05) is 11.9 Å². The third-order valence-electron chi connectivity index (χ3n) is 3.99. The largest absolute Gasteiger partial charge is 0.489 e. The average molecular weight is 311 g/mol. The first-order valence-corrected chi connectivity index (χ1v) is 7.81. The van der Waals surface area contributed by atoms with Crippen molar-refractivity contribution in [2.24, 2.45) is 0 Å². The van der Waals surface area contributed by atoms with Crippen LogP contribution in [0.25, 0.3) is 0 Å². The smallest absolute Gasteiger partial charge is 0.226 e. The quantitative estimate of drug-likeness (QED) is 0.860. The number of nitrogens with one attached hydrogen (secondary N) is 1. The molecule has 2 heterocycles. The molecular formula is C18H21N3O2. The lowest BCUT2D eigenvalue weighted by molar-refractivity contribution is -0.116. The van der Waals surface area contributed by atoms with E-state index >= 15 is 0 Å². The van der Waals surface area contributed by atoms with Crippen LogP contribution >= 0.6 is 0 Å². The first-order valence-electron chi connectivity index (χ1n) is 7.81. The minimum atomic E-state index is -0.0488. The van der Waals surface area contributed by atoms with Crippen LogP contribution in [0.4, 0.5) is 5.82 Å². The molecule has 1 aliphatic rings. The number of carbonyl (C=O) groups excluding carboxylic acids is 1. The van der Waals surface area contributed by atoms with Crippen LogP contribution in [-0.2, 0) is 4.79 Å². The summed E-state index contributed by atoms with van der Waals surface area (Å²) in [4.78, 5) is 12.2. The lowest BCUT2D eigenvalue weighted by Crippen LogP contribution is -2.25. The van der Waals surface area contributed by atoms with Crippen molar-refractivity contribution in [3.8, 4) is 5.75 Å². The molecule has 23 heavy (non-hydrogen) atoms. The van der Waals surface area contributed by atoms with Crippen LogP contribution in [0.15, 0.2) is 43.1 Å². The lowest BCUT2D eigenvalue weighted by Gasteiger charge is -2.26. The molecule has 1 N–H and O–H groups in total. The van der Waals surface area contributed by atoms with E-state index in [1.54, 1.807) is 6.08 Å². The molecule has 1 aromatic carbocycles. The van der Waals surface area contributed by atoms with Gasteiger partial charge in [-0.15, -0.1) is 0 Å². The van der Waals surface area contributed by atoms with Crippen LogP contribution in [0.2, 0.25) is 0 Å². The molecule has 5 nitrogen and oxygen atoms in total. The highest BCUT2D eigenvalue weighted by Gasteiger charge is 2.32. The SMILES string of the molecule is C=CCOc1ccccc1[C@H]1CC(=O)Nc2c1cnn2C(C)C. The van der Waals surface area contributed by atoms with Gasteiger partial charge < -0.3 is 10.1 Å². The maximum absolute atomic E-state index is 12.2. The van der Waals surface area contributed by atoms with Crippen molar-refractivity contribution in [3.63, 3.8) is 0 Å². The van der Waals surface area contributed by atoms with Gasteiger partial charge in [0.2, 0.25) is 5.91 Å². The van der Waals surface area contributed by atoms with Crippen LogP contribution in [0, 0.1) is 0 Å². The summed E-state index contributed by atoms with van der Waals surface area (Å²) < 4.78 is 7.62. The summed E-state index contributed by atoms with van der Waals surface area (Å²) in [6.07, 6.45) is 3.96. The van der Waals surface area contributed by atoms with Crippen LogP contribution in [0.3, 0.4) is 0 Å². The number of fused-ring (bicyclic) bond motifs is 1. The Bertz CT molecular complexity index is 734. The van der Waals surface area contributed by atoms with Crippen LogP contribution in [-0.4, -0.2) is 22.3 Å². The summed E-state index contributed by atoms with van der Waals surface area (Å²) in [5.41, 5.74) is 2.04. The molecule has 0 unspecified atom stereocenters. The van der Waals surface area contributed by atoms with E-state index < -0.39 is 0 Å². The third-order valence-corrected chi connectivity index (χ3v) is 3.99. The fraction of sp³-hybridized carbons (Fsp3) is 0.333. The van der Waals surface area contributed by atoms with Gasteiger partial charge in [0.25, 0.3) is 0 Å². The molecular weight excluding hydrogens is 290 g/mol. The highest BCUT2D eigenvalue weighted by molar-refractivity contribution is 5.94. The number of hydrogen-bond donors (Lipinski definition) is 1. The Morgan fingerprint density at radius 3 is 2.96 bits per heavy atom. The highest BCUT2D eigenvalue weighted by atomic mass is 16.5. The number of anilines is 1. The van der Waals surface area contributed by atoms with E-state index in [9.17, 15) is 4.79 Å². The van der Waals surface area contributed by atoms with Gasteiger partial charge in [-0.25, -0.2) is 4.68 Å². The van der Waals surface area contributed by atoms with Gasteiger partial charge in [-0.1, -0.05) is 30.9 Å². The number of ether oxygens (including phenoxy) is 1. The van der Waals surface area contributed by atoms with Crippen molar-refractivity contribution in [1.29, 1.82) is 0 Å². The van der Waals surface area contributed by atoms with E-state index in [0.717, 1.165) is 22.7 Å². The predicted molar refractivity (Wildman–Crippen MR) is 89.8 cm³/mol. The molecule has 1 amide bonds. The standard InChI is InChI=1S/C18H21N3O2/c1-4-9-23-16-8-6-5-7-13(16)14-10-17(22)20-18-15(14)11-19-21(18)12(2)3/h4-8,11-12,14H,1,9-10H2,2-3H3,(H,20,22)/t14-/m1/s1. The van der Waals surface area contributed by atoms with E-state index in [1.807, 2.05) is 49.0 Å². The van der Waals surface area contributed by atoms with E-state index in [4.69, 9.17) is 4.74 Å². The molecule has 0 saturated carbocycles. The van der Waals surface area contributed by atoms with E-state index in [-0.39, 0.29) is 17.9 Å². The second kappa shape index (κ2) is 6.28. The van der Waals surface area contributed by atoms with Gasteiger partial charge in [-0.2, -0.15) is 5.10 Å². The number of rotatable bonds is 5. The van der Waals surface area contributed by atoms with E-state index in [0.29, 0.717) is 13.0 Å². The first kappa shape index (κ1) is 15.3. The van der Waals surface area contributed by atoms with Crippen molar-refractivity contribution in [1.82, 2.24) is 9.78 Å². The fourth-order valence-electron chi connectivity index (χ4n) is 2.96. The zero-order valence-corrected chi connectivity index (χ0v) is 13.5. The monoisotopic (exact) mass is 311 g/mol. The Balaban J connectivity index is 2.05. The van der Waals surface area contributed by atoms with Gasteiger partial charge >= 0.3 is 0 Å². The van der Waals surface area contributed by atoms with Crippen molar-refractivity contribution in [3.05, 3.63) is 54.2 Å².